The minimum Gasteiger partial charge on any atom is -0.507 e. The van der Waals surface area contributed by atoms with Crippen molar-refractivity contribution in [1.29, 1.82) is 0 Å². The molecular formula is C24H20ClFN4O5. The maximum absolute atomic E-state index is 14.8. The van der Waals surface area contributed by atoms with E-state index in [1.807, 2.05) is 4.90 Å². The molecule has 0 aliphatic carbocycles. The molecule has 5 rings (SSSR count). The minimum absolute atomic E-state index is 0.0475. The lowest BCUT2D eigenvalue weighted by Gasteiger charge is -2.35. The number of benzene rings is 2. The Morgan fingerprint density at radius 3 is 2.66 bits per heavy atom. The maximum atomic E-state index is 14.8. The molecule has 2 aliphatic rings. The third-order valence-corrected chi connectivity index (χ3v) is 6.43. The Bertz CT molecular complexity index is 1460. The molecule has 35 heavy (non-hydrogen) atoms. The maximum Gasteiger partial charge on any atom is 0.354 e. The summed E-state index contributed by atoms with van der Waals surface area (Å²) in [5, 5.41) is 20.7. The molecule has 1 aromatic heterocycles. The quantitative estimate of drug-likeness (QED) is 0.532. The molecule has 2 aliphatic heterocycles. The number of aliphatic hydroxyl groups excluding tert-OH is 1. The van der Waals surface area contributed by atoms with E-state index in [4.69, 9.17) is 16.3 Å². The van der Waals surface area contributed by atoms with Gasteiger partial charge in [0.25, 0.3) is 0 Å². The van der Waals surface area contributed by atoms with Gasteiger partial charge in [-0.1, -0.05) is 24.2 Å². The lowest BCUT2D eigenvalue weighted by molar-refractivity contribution is -0.126. The zero-order valence-corrected chi connectivity index (χ0v) is 19.1. The molecule has 0 unspecified atom stereocenters. The number of aromatic hydroxyl groups is 1. The van der Waals surface area contributed by atoms with Gasteiger partial charge in [0.2, 0.25) is 5.91 Å². The number of anilines is 1. The first kappa shape index (κ1) is 22.9. The molecule has 2 N–H and O–H groups in total. The number of rotatable bonds is 4. The summed E-state index contributed by atoms with van der Waals surface area (Å²) in [7, 11) is 0. The summed E-state index contributed by atoms with van der Waals surface area (Å²) in [4.78, 5) is 32.9. The van der Waals surface area contributed by atoms with Crippen LogP contribution >= 0.6 is 11.6 Å². The summed E-state index contributed by atoms with van der Waals surface area (Å²) in [6.45, 7) is 4.60. The van der Waals surface area contributed by atoms with Crippen LogP contribution in [0.3, 0.4) is 0 Å². The first-order valence-corrected chi connectivity index (χ1v) is 11.1. The van der Waals surface area contributed by atoms with E-state index in [0.717, 1.165) is 0 Å². The van der Waals surface area contributed by atoms with Gasteiger partial charge in [0.15, 0.2) is 5.75 Å². The van der Waals surface area contributed by atoms with Crippen molar-refractivity contribution in [3.8, 4) is 22.6 Å². The van der Waals surface area contributed by atoms with E-state index in [-0.39, 0.29) is 44.8 Å². The molecule has 0 atom stereocenters. The number of aromatic nitrogens is 2. The average molecular weight is 499 g/mol. The fraction of sp³-hybridized carbons (Fsp3) is 0.208. The third kappa shape index (κ3) is 3.62. The molecule has 0 bridgehead atoms. The van der Waals surface area contributed by atoms with Gasteiger partial charge in [-0.25, -0.2) is 9.18 Å². The molecule has 1 amide bonds. The monoisotopic (exact) mass is 498 g/mol. The lowest BCUT2D eigenvalue weighted by atomic mass is 9.99. The summed E-state index contributed by atoms with van der Waals surface area (Å²) < 4.78 is 21.8. The topological polar surface area (TPSA) is 108 Å². The molecule has 1 fully saturated rings. The van der Waals surface area contributed by atoms with Crippen LogP contribution in [-0.2, 0) is 4.79 Å². The fourth-order valence-corrected chi connectivity index (χ4v) is 4.77. The van der Waals surface area contributed by atoms with Gasteiger partial charge in [0, 0.05) is 31.6 Å². The standard InChI is InChI=1S/C24H20ClFN4O5/c1-2-18(33)28-6-8-29(9-7-28)23-14-10-15(25)19(20-16(26)4-3-5-17(20)32)22-21(14)30(24(34)27-23)13(11-31)12-35-22/h2-5,10,12,31-32H,1,6-9,11H2. The van der Waals surface area contributed by atoms with E-state index in [9.17, 15) is 24.2 Å². The predicted octanol–water partition coefficient (Wildman–Crippen LogP) is 2.58. The molecule has 1 saturated heterocycles. The van der Waals surface area contributed by atoms with Gasteiger partial charge in [-0.2, -0.15) is 4.98 Å². The first-order chi connectivity index (χ1) is 16.8. The predicted molar refractivity (Wildman–Crippen MR) is 129 cm³/mol. The van der Waals surface area contributed by atoms with Gasteiger partial charge in [0.1, 0.15) is 29.2 Å². The van der Waals surface area contributed by atoms with Crippen molar-refractivity contribution >= 4 is 39.9 Å². The van der Waals surface area contributed by atoms with Gasteiger partial charge in [0.05, 0.1) is 28.5 Å². The van der Waals surface area contributed by atoms with Crippen LogP contribution in [0.25, 0.3) is 27.7 Å². The number of hydrogen-bond donors (Lipinski definition) is 2. The summed E-state index contributed by atoms with van der Waals surface area (Å²) in [5.74, 6) is -0.893. The van der Waals surface area contributed by atoms with E-state index in [0.29, 0.717) is 37.4 Å². The van der Waals surface area contributed by atoms with Crippen LogP contribution in [-0.4, -0.2) is 63.4 Å². The number of piperazine rings is 1. The van der Waals surface area contributed by atoms with Crippen molar-refractivity contribution < 1.29 is 24.1 Å². The van der Waals surface area contributed by atoms with E-state index in [2.05, 4.69) is 11.6 Å². The number of amides is 1. The second-order valence-electron chi connectivity index (χ2n) is 8.05. The van der Waals surface area contributed by atoms with Gasteiger partial charge in [-0.05, 0) is 24.3 Å². The van der Waals surface area contributed by atoms with Crippen LogP contribution in [0.5, 0.6) is 11.5 Å². The molecule has 0 saturated carbocycles. The highest BCUT2D eigenvalue weighted by Gasteiger charge is 2.31. The second kappa shape index (κ2) is 8.71. The van der Waals surface area contributed by atoms with Crippen molar-refractivity contribution in [2.45, 2.75) is 0 Å². The van der Waals surface area contributed by atoms with Crippen molar-refractivity contribution in [3.63, 3.8) is 0 Å². The zero-order valence-electron chi connectivity index (χ0n) is 18.4. The molecule has 3 heterocycles. The molecule has 3 aromatic rings. The number of phenols is 1. The van der Waals surface area contributed by atoms with Crippen LogP contribution in [0.2, 0.25) is 5.02 Å². The van der Waals surface area contributed by atoms with Crippen LogP contribution in [0.1, 0.15) is 0 Å². The number of hydrogen-bond acceptors (Lipinski definition) is 7. The highest BCUT2D eigenvalue weighted by atomic mass is 35.5. The van der Waals surface area contributed by atoms with Gasteiger partial charge in [-0.3, -0.25) is 9.36 Å². The van der Waals surface area contributed by atoms with Gasteiger partial charge in [-0.15, -0.1) is 0 Å². The van der Waals surface area contributed by atoms with Crippen molar-refractivity contribution in [1.82, 2.24) is 14.5 Å². The number of halogens is 2. The largest absolute Gasteiger partial charge is 0.507 e. The number of carbonyl (C=O) groups excluding carboxylic acids is 1. The van der Waals surface area contributed by atoms with E-state index in [1.165, 1.54) is 41.2 Å². The van der Waals surface area contributed by atoms with Gasteiger partial charge >= 0.3 is 5.69 Å². The van der Waals surface area contributed by atoms with Gasteiger partial charge < -0.3 is 24.7 Å². The average Bonchev–Trinajstić information content (AvgIpc) is 2.86. The van der Waals surface area contributed by atoms with Crippen LogP contribution in [0.4, 0.5) is 10.2 Å². The number of carbonyl (C=O) groups is 1. The molecule has 0 radical (unpaired) electrons. The Balaban J connectivity index is 1.75. The summed E-state index contributed by atoms with van der Waals surface area (Å²) in [6, 6.07) is 5.38. The molecule has 2 aromatic carbocycles. The van der Waals surface area contributed by atoms with Crippen LogP contribution in [0.15, 0.2) is 48.0 Å². The molecule has 9 nitrogen and oxygen atoms in total. The second-order valence-corrected chi connectivity index (χ2v) is 8.45. The van der Waals surface area contributed by atoms with E-state index < -0.39 is 18.1 Å². The van der Waals surface area contributed by atoms with Crippen LogP contribution in [0, 0.1) is 5.82 Å². The van der Waals surface area contributed by atoms with E-state index >= 15 is 0 Å². The summed E-state index contributed by atoms with van der Waals surface area (Å²) in [5.41, 5.74) is -0.413. The SMILES string of the molecule is C=CC(=O)N1CCN(c2nc(=O)n3c4c(c(-c5c(O)cccc5F)c(Cl)cc24)OC=C3CO)CC1. The highest BCUT2D eigenvalue weighted by Crippen LogP contribution is 2.48. The molecule has 180 valence electrons. The molecular weight excluding hydrogens is 479 g/mol. The summed E-state index contributed by atoms with van der Waals surface area (Å²) >= 11 is 6.62. The molecule has 11 heteroatoms. The number of nitrogens with zero attached hydrogens (tertiary/aromatic N) is 4. The smallest absolute Gasteiger partial charge is 0.354 e. The number of ether oxygens (including phenoxy) is 1. The fourth-order valence-electron chi connectivity index (χ4n) is 4.48. The van der Waals surface area contributed by atoms with E-state index in [1.54, 1.807) is 4.90 Å². The zero-order chi connectivity index (χ0) is 24.9. The Morgan fingerprint density at radius 2 is 2.00 bits per heavy atom. The Hall–Kier alpha value is -3.89. The molecule has 0 spiro atoms. The van der Waals surface area contributed by atoms with Crippen molar-refractivity contribution in [2.24, 2.45) is 0 Å². The van der Waals surface area contributed by atoms with Crippen molar-refractivity contribution in [2.75, 3.05) is 37.7 Å². The first-order valence-electron chi connectivity index (χ1n) is 10.8. The third-order valence-electron chi connectivity index (χ3n) is 6.13. The van der Waals surface area contributed by atoms with Crippen LogP contribution < -0.4 is 15.3 Å². The Kier molecular flexibility index (Phi) is 5.70. The normalized spacial score (nSPS) is 15.1. The number of aliphatic hydroxyl groups is 1. The minimum atomic E-state index is -0.728. The Labute approximate surface area is 203 Å². The Morgan fingerprint density at radius 1 is 1.26 bits per heavy atom. The van der Waals surface area contributed by atoms with Crippen molar-refractivity contribution in [3.05, 3.63) is 64.5 Å². The highest BCUT2D eigenvalue weighted by molar-refractivity contribution is 6.35. The summed E-state index contributed by atoms with van der Waals surface area (Å²) in [6.07, 6.45) is 2.42. The lowest BCUT2D eigenvalue weighted by Crippen LogP contribution is -2.49. The number of phenolic OH excluding ortho intramolecular Hbond substituents is 1.